The predicted molar refractivity (Wildman–Crippen MR) is 246 cm³/mol. The number of fused-ring (bicyclic) bond motifs is 12. The zero-order valence-electron chi connectivity index (χ0n) is 32.7. The van der Waals surface area contributed by atoms with Crippen LogP contribution >= 0.6 is 0 Å². The Kier molecular flexibility index (Phi) is 7.23. The molecule has 4 aromatic heterocycles. The van der Waals surface area contributed by atoms with Crippen LogP contribution < -0.4 is 25.6 Å². The molecule has 0 radical (unpaired) electrons. The number of furan rings is 1. The van der Waals surface area contributed by atoms with Gasteiger partial charge in [-0.3, -0.25) is 9.30 Å². The molecule has 5 nitrogen and oxygen atoms in total. The number of imidazole rings is 1. The van der Waals surface area contributed by atoms with E-state index in [1.807, 2.05) is 24.5 Å². The van der Waals surface area contributed by atoms with Gasteiger partial charge < -0.3 is 4.42 Å². The van der Waals surface area contributed by atoms with Crippen LogP contribution in [0.15, 0.2) is 199 Å². The minimum Gasteiger partial charge on any atom is -0.456 e. The Labute approximate surface area is 342 Å². The number of pyridine rings is 2. The summed E-state index contributed by atoms with van der Waals surface area (Å²) in [6, 6.07) is 64.6. The first-order valence-electron chi connectivity index (χ1n) is 20.2. The molecular formula is C53H38N4OSi. The molecule has 0 amide bonds. The maximum absolute atomic E-state index is 6.55. The molecule has 12 rings (SSSR count). The van der Waals surface area contributed by atoms with Crippen molar-refractivity contribution in [1.82, 2.24) is 14.4 Å². The Balaban J connectivity index is 1.21. The van der Waals surface area contributed by atoms with Crippen molar-refractivity contribution in [3.63, 3.8) is 0 Å². The Morgan fingerprint density at radius 1 is 0.508 bits per heavy atom. The number of para-hydroxylation sites is 2. The molecule has 1 aliphatic rings. The van der Waals surface area contributed by atoms with E-state index >= 15 is 0 Å². The molecule has 0 aliphatic carbocycles. The maximum atomic E-state index is 6.55. The minimum atomic E-state index is -3.07. The molecule has 5 heterocycles. The molecule has 0 saturated carbocycles. The second-order valence-electron chi connectivity index (χ2n) is 16.2. The zero-order chi connectivity index (χ0) is 39.3. The summed E-state index contributed by atoms with van der Waals surface area (Å²) in [5.74, 6) is 0.867. The van der Waals surface area contributed by atoms with Gasteiger partial charge in [0.2, 0.25) is 0 Å². The lowest BCUT2D eigenvalue weighted by Crippen LogP contribution is -2.74. The highest BCUT2D eigenvalue weighted by atomic mass is 28.3. The van der Waals surface area contributed by atoms with Gasteiger partial charge in [0.05, 0.1) is 22.3 Å². The van der Waals surface area contributed by atoms with Gasteiger partial charge in [-0.05, 0) is 73.7 Å². The van der Waals surface area contributed by atoms with E-state index in [1.165, 1.54) is 42.6 Å². The summed E-state index contributed by atoms with van der Waals surface area (Å²) < 4.78 is 8.79. The van der Waals surface area contributed by atoms with E-state index in [1.54, 1.807) is 0 Å². The van der Waals surface area contributed by atoms with Crippen molar-refractivity contribution in [3.05, 3.63) is 206 Å². The molecule has 0 unspecified atom stereocenters. The van der Waals surface area contributed by atoms with E-state index in [2.05, 4.69) is 193 Å². The second kappa shape index (κ2) is 12.6. The summed E-state index contributed by atoms with van der Waals surface area (Å²) in [6.45, 7) is 4.72. The molecule has 6 heteroatoms. The Bertz CT molecular complexity index is 3390. The maximum Gasteiger partial charge on any atom is 0.179 e. The van der Waals surface area contributed by atoms with Gasteiger partial charge in [-0.2, -0.15) is 0 Å². The summed E-state index contributed by atoms with van der Waals surface area (Å²) in [5, 5.41) is 11.0. The van der Waals surface area contributed by atoms with Crippen LogP contribution in [-0.2, 0) is 5.41 Å². The molecule has 0 spiro atoms. The Hall–Kier alpha value is -7.28. The quantitative estimate of drug-likeness (QED) is 0.0993. The van der Waals surface area contributed by atoms with Gasteiger partial charge in [-0.1, -0.05) is 153 Å². The molecule has 280 valence electrons. The van der Waals surface area contributed by atoms with Crippen molar-refractivity contribution in [3.8, 4) is 0 Å². The summed E-state index contributed by atoms with van der Waals surface area (Å²) >= 11 is 0. The molecule has 0 N–H and O–H groups in total. The molecule has 0 fully saturated rings. The number of aromatic nitrogens is 3. The summed E-state index contributed by atoms with van der Waals surface area (Å²) in [5.41, 5.74) is 8.27. The molecule has 59 heavy (non-hydrogen) atoms. The zero-order valence-corrected chi connectivity index (χ0v) is 33.7. The molecule has 0 saturated heterocycles. The fourth-order valence-electron chi connectivity index (χ4n) is 10.2. The lowest BCUT2D eigenvalue weighted by atomic mass is 9.73. The van der Waals surface area contributed by atoms with Crippen LogP contribution in [0.3, 0.4) is 0 Å². The fraction of sp³-hybridized carbons (Fsp3) is 0.0566. The van der Waals surface area contributed by atoms with Crippen LogP contribution in [0, 0.1) is 0 Å². The average Bonchev–Trinajstić information content (AvgIpc) is 3.94. The van der Waals surface area contributed by atoms with E-state index in [0.29, 0.717) is 0 Å². The van der Waals surface area contributed by atoms with Crippen molar-refractivity contribution in [2.75, 3.05) is 4.90 Å². The standard InChI is InChI=1S/C53H38N4OSi/c1-53(2)43-27-25-38(34-46(43)57(49-23-13-14-30-54-49)51-44(53)28-29-48-50(51)41-20-10-12-22-47(41)58-48)59(35-15-5-3-6-16-35,36-17-7-4-8-18-36)37-24-26-39-40-19-9-11-21-45(40)56-32-31-55-52(56)42(39)33-37/h3-34H,1-2H3. The third kappa shape index (κ3) is 4.72. The van der Waals surface area contributed by atoms with Gasteiger partial charge in [-0.25, -0.2) is 9.97 Å². The first-order chi connectivity index (χ1) is 29.0. The summed E-state index contributed by atoms with van der Waals surface area (Å²) in [4.78, 5) is 12.4. The number of rotatable bonds is 5. The summed E-state index contributed by atoms with van der Waals surface area (Å²) in [7, 11) is -3.07. The smallest absolute Gasteiger partial charge is 0.179 e. The van der Waals surface area contributed by atoms with Crippen LogP contribution in [-0.4, -0.2) is 22.4 Å². The van der Waals surface area contributed by atoms with Crippen molar-refractivity contribution in [1.29, 1.82) is 0 Å². The Morgan fingerprint density at radius 2 is 1.19 bits per heavy atom. The van der Waals surface area contributed by atoms with Crippen LogP contribution in [0.25, 0.3) is 49.3 Å². The minimum absolute atomic E-state index is 0.332. The van der Waals surface area contributed by atoms with E-state index in [9.17, 15) is 0 Å². The van der Waals surface area contributed by atoms with E-state index in [-0.39, 0.29) is 5.41 Å². The molecule has 1 aliphatic heterocycles. The SMILES string of the molecule is CC1(C)c2ccc([Si](c3ccccc3)(c3ccccc3)c3ccc4c5ccccc5n5ccnc5c4c3)cc2N(c2ccccn2)c2c1ccc1oc3ccccc3c21. The topological polar surface area (TPSA) is 46.6 Å². The van der Waals surface area contributed by atoms with E-state index in [4.69, 9.17) is 14.4 Å². The molecule has 0 bridgehead atoms. The van der Waals surface area contributed by atoms with Gasteiger partial charge in [-0.15, -0.1) is 0 Å². The van der Waals surface area contributed by atoms with Crippen molar-refractivity contribution < 1.29 is 4.42 Å². The average molecular weight is 775 g/mol. The predicted octanol–water partition coefficient (Wildman–Crippen LogP) is 10.4. The monoisotopic (exact) mass is 774 g/mol. The van der Waals surface area contributed by atoms with Crippen molar-refractivity contribution in [2.45, 2.75) is 19.3 Å². The van der Waals surface area contributed by atoms with Crippen LogP contribution in [0.4, 0.5) is 17.2 Å². The third-order valence-corrected chi connectivity index (χ3v) is 17.6. The normalized spacial score (nSPS) is 13.7. The highest BCUT2D eigenvalue weighted by molar-refractivity contribution is 7.20. The van der Waals surface area contributed by atoms with E-state index < -0.39 is 8.07 Å². The van der Waals surface area contributed by atoms with Gasteiger partial charge >= 0.3 is 0 Å². The van der Waals surface area contributed by atoms with Gasteiger partial charge in [0.15, 0.2) is 8.07 Å². The largest absolute Gasteiger partial charge is 0.456 e. The van der Waals surface area contributed by atoms with Gasteiger partial charge in [0.1, 0.15) is 22.6 Å². The molecule has 11 aromatic rings. The molecule has 7 aromatic carbocycles. The van der Waals surface area contributed by atoms with Crippen LogP contribution in [0.5, 0.6) is 0 Å². The number of hydrogen-bond donors (Lipinski definition) is 0. The molecule has 0 atom stereocenters. The number of nitrogens with zero attached hydrogens (tertiary/aromatic N) is 4. The second-order valence-corrected chi connectivity index (χ2v) is 20.0. The lowest BCUT2D eigenvalue weighted by molar-refractivity contribution is 0.631. The lowest BCUT2D eigenvalue weighted by Gasteiger charge is -2.43. The number of benzene rings is 7. The van der Waals surface area contributed by atoms with Gasteiger partial charge in [0, 0.05) is 40.2 Å². The number of hydrogen-bond acceptors (Lipinski definition) is 4. The highest BCUT2D eigenvalue weighted by Gasteiger charge is 2.45. The van der Waals surface area contributed by atoms with Gasteiger partial charge in [0.25, 0.3) is 0 Å². The highest BCUT2D eigenvalue weighted by Crippen LogP contribution is 2.55. The Morgan fingerprint density at radius 3 is 1.97 bits per heavy atom. The first kappa shape index (κ1) is 33.8. The van der Waals surface area contributed by atoms with Crippen molar-refractivity contribution in [2.24, 2.45) is 0 Å². The van der Waals surface area contributed by atoms with Crippen LogP contribution in [0.1, 0.15) is 25.0 Å². The third-order valence-electron chi connectivity index (χ3n) is 12.8. The van der Waals surface area contributed by atoms with E-state index in [0.717, 1.165) is 55.7 Å². The van der Waals surface area contributed by atoms with Crippen molar-refractivity contribution >= 4 is 95.3 Å². The molecular weight excluding hydrogens is 737 g/mol. The number of anilines is 3. The fourth-order valence-corrected chi connectivity index (χ4v) is 15.0. The first-order valence-corrected chi connectivity index (χ1v) is 22.2. The summed E-state index contributed by atoms with van der Waals surface area (Å²) in [6.07, 6.45) is 5.90. The van der Waals surface area contributed by atoms with Crippen LogP contribution in [0.2, 0.25) is 0 Å².